The zero-order valence-corrected chi connectivity index (χ0v) is 12.4. The largest absolute Gasteiger partial charge is 0.481 e. The van der Waals surface area contributed by atoms with Gasteiger partial charge in [-0.05, 0) is 50.7 Å². The summed E-state index contributed by atoms with van der Waals surface area (Å²) in [6.07, 6.45) is 6.03. The van der Waals surface area contributed by atoms with Crippen LogP contribution in [0.4, 0.5) is 11.4 Å². The molecule has 1 aliphatic heterocycles. The van der Waals surface area contributed by atoms with Crippen molar-refractivity contribution < 1.29 is 9.90 Å². The van der Waals surface area contributed by atoms with E-state index in [0.717, 1.165) is 38.8 Å². The number of anilines is 2. The number of aliphatic carboxylic acids is 1. The lowest BCUT2D eigenvalue weighted by Crippen LogP contribution is -2.30. The molecular weight excluding hydrogens is 264 g/mol. The SMILES string of the molecule is O=C(O)C1CCC(Nc2ccccc2N2CCCC2)CC1. The second-order valence-electron chi connectivity index (χ2n) is 6.24. The highest BCUT2D eigenvalue weighted by Crippen LogP contribution is 2.32. The molecule has 0 atom stereocenters. The molecule has 1 saturated heterocycles. The second-order valence-corrected chi connectivity index (χ2v) is 6.24. The summed E-state index contributed by atoms with van der Waals surface area (Å²) in [6.45, 7) is 2.29. The van der Waals surface area contributed by atoms with Crippen LogP contribution in [0.15, 0.2) is 24.3 Å². The first kappa shape index (κ1) is 14.2. The van der Waals surface area contributed by atoms with Crippen LogP contribution >= 0.6 is 0 Å². The summed E-state index contributed by atoms with van der Waals surface area (Å²) in [4.78, 5) is 13.5. The molecule has 1 aromatic carbocycles. The van der Waals surface area contributed by atoms with Crippen molar-refractivity contribution in [2.75, 3.05) is 23.3 Å². The zero-order valence-electron chi connectivity index (χ0n) is 12.4. The molecule has 1 heterocycles. The summed E-state index contributed by atoms with van der Waals surface area (Å²) in [6, 6.07) is 8.92. The van der Waals surface area contributed by atoms with Crippen LogP contribution in [0.2, 0.25) is 0 Å². The van der Waals surface area contributed by atoms with Crippen molar-refractivity contribution in [2.24, 2.45) is 5.92 Å². The van der Waals surface area contributed by atoms with Gasteiger partial charge in [0.05, 0.1) is 17.3 Å². The van der Waals surface area contributed by atoms with Gasteiger partial charge in [0.15, 0.2) is 0 Å². The summed E-state index contributed by atoms with van der Waals surface area (Å²) in [5.41, 5.74) is 2.51. The van der Waals surface area contributed by atoms with Gasteiger partial charge in [-0.3, -0.25) is 4.79 Å². The van der Waals surface area contributed by atoms with Crippen molar-refractivity contribution in [1.82, 2.24) is 0 Å². The lowest BCUT2D eigenvalue weighted by molar-refractivity contribution is -0.142. The number of carboxylic acids is 1. The third-order valence-electron chi connectivity index (χ3n) is 4.79. The molecule has 0 amide bonds. The lowest BCUT2D eigenvalue weighted by atomic mass is 9.86. The van der Waals surface area contributed by atoms with E-state index in [1.807, 2.05) is 0 Å². The molecule has 1 saturated carbocycles. The highest BCUT2D eigenvalue weighted by atomic mass is 16.4. The molecule has 2 N–H and O–H groups in total. The molecule has 0 unspecified atom stereocenters. The minimum Gasteiger partial charge on any atom is -0.481 e. The fraction of sp³-hybridized carbons (Fsp3) is 0.588. The van der Waals surface area contributed by atoms with Crippen LogP contribution in [0.5, 0.6) is 0 Å². The van der Waals surface area contributed by atoms with Gasteiger partial charge in [0, 0.05) is 19.1 Å². The Kier molecular flexibility index (Phi) is 4.32. The van der Waals surface area contributed by atoms with Gasteiger partial charge in [-0.1, -0.05) is 12.1 Å². The van der Waals surface area contributed by atoms with E-state index in [1.165, 1.54) is 24.2 Å². The Morgan fingerprint density at radius 1 is 1.10 bits per heavy atom. The molecule has 4 nitrogen and oxygen atoms in total. The first-order chi connectivity index (χ1) is 10.2. The van der Waals surface area contributed by atoms with Crippen LogP contribution in [0.25, 0.3) is 0 Å². The first-order valence-electron chi connectivity index (χ1n) is 8.07. The van der Waals surface area contributed by atoms with Crippen LogP contribution in [0, 0.1) is 5.92 Å². The number of hydrogen-bond acceptors (Lipinski definition) is 3. The van der Waals surface area contributed by atoms with Crippen LogP contribution in [-0.4, -0.2) is 30.2 Å². The van der Waals surface area contributed by atoms with E-state index < -0.39 is 5.97 Å². The van der Waals surface area contributed by atoms with Crippen LogP contribution in [0.3, 0.4) is 0 Å². The van der Waals surface area contributed by atoms with E-state index in [0.29, 0.717) is 6.04 Å². The Bertz CT molecular complexity index is 489. The molecule has 1 aromatic rings. The molecule has 0 bridgehead atoms. The first-order valence-corrected chi connectivity index (χ1v) is 8.07. The highest BCUT2D eigenvalue weighted by molar-refractivity contribution is 5.71. The number of nitrogens with one attached hydrogen (secondary N) is 1. The van der Waals surface area contributed by atoms with Crippen molar-refractivity contribution in [3.05, 3.63) is 24.3 Å². The van der Waals surface area contributed by atoms with E-state index in [2.05, 4.69) is 34.5 Å². The number of hydrogen-bond donors (Lipinski definition) is 2. The molecule has 0 radical (unpaired) electrons. The van der Waals surface area contributed by atoms with E-state index >= 15 is 0 Å². The third kappa shape index (κ3) is 3.31. The zero-order chi connectivity index (χ0) is 14.7. The number of carboxylic acid groups (broad SMARTS) is 1. The summed E-state index contributed by atoms with van der Waals surface area (Å²) in [7, 11) is 0. The van der Waals surface area contributed by atoms with E-state index in [-0.39, 0.29) is 5.92 Å². The van der Waals surface area contributed by atoms with Gasteiger partial charge < -0.3 is 15.3 Å². The average Bonchev–Trinajstić information content (AvgIpc) is 3.02. The number of benzene rings is 1. The predicted octanol–water partition coefficient (Wildman–Crippen LogP) is 3.34. The topological polar surface area (TPSA) is 52.6 Å². The normalized spacial score (nSPS) is 25.8. The molecule has 0 aromatic heterocycles. The molecule has 21 heavy (non-hydrogen) atoms. The minimum absolute atomic E-state index is 0.142. The maximum Gasteiger partial charge on any atom is 0.306 e. The summed E-state index contributed by atoms with van der Waals surface area (Å²) >= 11 is 0. The van der Waals surface area contributed by atoms with Crippen LogP contribution in [0.1, 0.15) is 38.5 Å². The number of rotatable bonds is 4. The van der Waals surface area contributed by atoms with Gasteiger partial charge in [0.2, 0.25) is 0 Å². The molecule has 2 aliphatic rings. The second kappa shape index (κ2) is 6.37. The standard InChI is InChI=1S/C17H24N2O2/c20-17(21)13-7-9-14(10-8-13)18-15-5-1-2-6-16(15)19-11-3-4-12-19/h1-2,5-6,13-14,18H,3-4,7-12H2,(H,20,21). The molecule has 0 spiro atoms. The van der Waals surface area contributed by atoms with Gasteiger partial charge >= 0.3 is 5.97 Å². The van der Waals surface area contributed by atoms with Crippen molar-refractivity contribution >= 4 is 17.3 Å². The highest BCUT2D eigenvalue weighted by Gasteiger charge is 2.26. The average molecular weight is 288 g/mol. The maximum absolute atomic E-state index is 11.0. The Morgan fingerprint density at radius 2 is 1.76 bits per heavy atom. The van der Waals surface area contributed by atoms with Gasteiger partial charge in [-0.15, -0.1) is 0 Å². The van der Waals surface area contributed by atoms with Crippen LogP contribution < -0.4 is 10.2 Å². The molecular formula is C17H24N2O2. The monoisotopic (exact) mass is 288 g/mol. The minimum atomic E-state index is -0.633. The molecule has 3 rings (SSSR count). The lowest BCUT2D eigenvalue weighted by Gasteiger charge is -2.30. The van der Waals surface area contributed by atoms with E-state index in [1.54, 1.807) is 0 Å². The van der Waals surface area contributed by atoms with Crippen LogP contribution in [-0.2, 0) is 4.79 Å². The third-order valence-corrected chi connectivity index (χ3v) is 4.79. The van der Waals surface area contributed by atoms with Gasteiger partial charge in [-0.2, -0.15) is 0 Å². The van der Waals surface area contributed by atoms with E-state index in [4.69, 9.17) is 5.11 Å². The van der Waals surface area contributed by atoms with Crippen molar-refractivity contribution in [3.63, 3.8) is 0 Å². The Labute approximate surface area is 126 Å². The maximum atomic E-state index is 11.0. The number of para-hydroxylation sites is 2. The Hall–Kier alpha value is -1.71. The van der Waals surface area contributed by atoms with E-state index in [9.17, 15) is 4.79 Å². The smallest absolute Gasteiger partial charge is 0.306 e. The summed E-state index contributed by atoms with van der Waals surface area (Å²) < 4.78 is 0. The Balaban J connectivity index is 1.64. The molecule has 2 fully saturated rings. The summed E-state index contributed by atoms with van der Waals surface area (Å²) in [5.74, 6) is -0.775. The van der Waals surface area contributed by atoms with Crippen molar-refractivity contribution in [3.8, 4) is 0 Å². The number of nitrogens with zero attached hydrogens (tertiary/aromatic N) is 1. The van der Waals surface area contributed by atoms with Crippen molar-refractivity contribution in [2.45, 2.75) is 44.6 Å². The summed E-state index contributed by atoms with van der Waals surface area (Å²) in [5, 5.41) is 12.7. The fourth-order valence-electron chi connectivity index (χ4n) is 3.53. The quantitative estimate of drug-likeness (QED) is 0.892. The Morgan fingerprint density at radius 3 is 2.43 bits per heavy atom. The van der Waals surface area contributed by atoms with Gasteiger partial charge in [0.1, 0.15) is 0 Å². The molecule has 1 aliphatic carbocycles. The van der Waals surface area contributed by atoms with Gasteiger partial charge in [0.25, 0.3) is 0 Å². The molecule has 4 heteroatoms. The predicted molar refractivity (Wildman–Crippen MR) is 84.9 cm³/mol. The van der Waals surface area contributed by atoms with Crippen molar-refractivity contribution in [1.29, 1.82) is 0 Å². The fourth-order valence-corrected chi connectivity index (χ4v) is 3.53. The van der Waals surface area contributed by atoms with Gasteiger partial charge in [-0.25, -0.2) is 0 Å². The number of carbonyl (C=O) groups is 1. The molecule has 114 valence electrons.